The van der Waals surface area contributed by atoms with Crippen molar-refractivity contribution in [3.63, 3.8) is 0 Å². The first-order valence-electron chi connectivity index (χ1n) is 11.1. The SMILES string of the molecule is CCOC(=O)C1C2CC3C(OC(=O)C31)C2OC(=O)C12CC3CC(CC(C3)C1)C2. The van der Waals surface area contributed by atoms with Crippen LogP contribution >= 0.6 is 0 Å². The van der Waals surface area contributed by atoms with E-state index in [1.807, 2.05) is 0 Å². The van der Waals surface area contributed by atoms with Gasteiger partial charge < -0.3 is 14.2 Å². The van der Waals surface area contributed by atoms with E-state index < -0.39 is 17.9 Å². The third kappa shape index (κ3) is 2.18. The summed E-state index contributed by atoms with van der Waals surface area (Å²) in [5, 5.41) is 0. The maximum absolute atomic E-state index is 13.4. The third-order valence-corrected chi connectivity index (χ3v) is 8.82. The van der Waals surface area contributed by atoms with Gasteiger partial charge in [-0.25, -0.2) is 0 Å². The van der Waals surface area contributed by atoms with Crippen molar-refractivity contribution < 1.29 is 28.6 Å². The van der Waals surface area contributed by atoms with E-state index in [4.69, 9.17) is 14.2 Å². The average molecular weight is 388 g/mol. The number of ether oxygens (including phenoxy) is 3. The summed E-state index contributed by atoms with van der Waals surface area (Å²) in [5.74, 6) is 0.154. The summed E-state index contributed by atoms with van der Waals surface area (Å²) >= 11 is 0. The van der Waals surface area contributed by atoms with Gasteiger partial charge in [0.2, 0.25) is 0 Å². The lowest BCUT2D eigenvalue weighted by atomic mass is 9.49. The summed E-state index contributed by atoms with van der Waals surface area (Å²) in [5.41, 5.74) is -0.335. The van der Waals surface area contributed by atoms with E-state index in [0.29, 0.717) is 24.2 Å². The smallest absolute Gasteiger partial charge is 0.312 e. The monoisotopic (exact) mass is 388 g/mol. The van der Waals surface area contributed by atoms with Gasteiger partial charge in [-0.2, -0.15) is 0 Å². The second-order valence-corrected chi connectivity index (χ2v) is 10.3. The average Bonchev–Trinajstić information content (AvgIpc) is 3.24. The van der Waals surface area contributed by atoms with Crippen LogP contribution in [0.3, 0.4) is 0 Å². The van der Waals surface area contributed by atoms with Gasteiger partial charge in [0.1, 0.15) is 12.2 Å². The molecule has 6 saturated carbocycles. The van der Waals surface area contributed by atoms with Gasteiger partial charge in [0.25, 0.3) is 0 Å². The Hall–Kier alpha value is -1.59. The molecule has 6 heteroatoms. The first kappa shape index (κ1) is 17.3. The Morgan fingerprint density at radius 3 is 2.29 bits per heavy atom. The maximum atomic E-state index is 13.4. The van der Waals surface area contributed by atoms with Gasteiger partial charge in [0.15, 0.2) is 0 Å². The molecule has 152 valence electrons. The topological polar surface area (TPSA) is 78.9 Å². The molecule has 1 heterocycles. The Morgan fingerprint density at radius 1 is 1.04 bits per heavy atom. The Balaban J connectivity index is 1.25. The van der Waals surface area contributed by atoms with Crippen LogP contribution in [0.1, 0.15) is 51.9 Å². The molecule has 1 aliphatic heterocycles. The van der Waals surface area contributed by atoms with Crippen LogP contribution in [0.5, 0.6) is 0 Å². The summed E-state index contributed by atoms with van der Waals surface area (Å²) < 4.78 is 17.0. The van der Waals surface area contributed by atoms with Gasteiger partial charge >= 0.3 is 17.9 Å². The minimum atomic E-state index is -0.523. The largest absolute Gasteiger partial charge is 0.466 e. The summed E-state index contributed by atoms with van der Waals surface area (Å²) in [6.07, 6.45) is 6.53. The number of rotatable bonds is 4. The van der Waals surface area contributed by atoms with Crippen molar-refractivity contribution in [1.82, 2.24) is 0 Å². The molecule has 6 nitrogen and oxygen atoms in total. The third-order valence-electron chi connectivity index (χ3n) is 8.82. The lowest BCUT2D eigenvalue weighted by Crippen LogP contribution is -2.52. The lowest BCUT2D eigenvalue weighted by molar-refractivity contribution is -0.187. The standard InChI is InChI=1S/C22H28O6/c1-2-26-19(23)15-13-6-14-16(15)20(24)27-17(14)18(13)28-21(25)22-7-10-3-11(8-22)5-12(4-10)9-22/h10-18H,2-9H2,1H3. The predicted molar refractivity (Wildman–Crippen MR) is 95.6 cm³/mol. The molecule has 0 N–H and O–H groups in total. The van der Waals surface area contributed by atoms with E-state index >= 15 is 0 Å². The molecule has 0 aromatic carbocycles. The highest BCUT2D eigenvalue weighted by Crippen LogP contribution is 2.62. The highest BCUT2D eigenvalue weighted by molar-refractivity contribution is 5.86. The number of carbonyl (C=O) groups is 3. The normalized spacial score (nSPS) is 52.0. The van der Waals surface area contributed by atoms with Crippen LogP contribution in [0.2, 0.25) is 0 Å². The highest BCUT2D eigenvalue weighted by atomic mass is 16.6. The van der Waals surface area contributed by atoms with Crippen molar-refractivity contribution in [2.45, 2.75) is 64.1 Å². The van der Waals surface area contributed by atoms with Gasteiger partial charge in [-0.3, -0.25) is 14.4 Å². The molecule has 0 aromatic rings. The Morgan fingerprint density at radius 2 is 1.68 bits per heavy atom. The predicted octanol–water partition coefficient (Wildman–Crippen LogP) is 2.49. The summed E-state index contributed by atoms with van der Waals surface area (Å²) in [7, 11) is 0. The minimum Gasteiger partial charge on any atom is -0.466 e. The minimum absolute atomic E-state index is 0.0129. The van der Waals surface area contributed by atoms with Crippen LogP contribution in [0, 0.1) is 46.8 Å². The van der Waals surface area contributed by atoms with E-state index in [2.05, 4.69) is 0 Å². The van der Waals surface area contributed by atoms with Crippen molar-refractivity contribution in [2.24, 2.45) is 46.8 Å². The van der Waals surface area contributed by atoms with Crippen LogP contribution in [0.4, 0.5) is 0 Å². The molecule has 0 aromatic heterocycles. The van der Waals surface area contributed by atoms with Crippen molar-refractivity contribution >= 4 is 17.9 Å². The number of carbonyl (C=O) groups excluding carboxylic acids is 3. The first-order chi connectivity index (χ1) is 13.5. The molecule has 6 bridgehead atoms. The Bertz CT molecular complexity index is 708. The van der Waals surface area contributed by atoms with Crippen LogP contribution < -0.4 is 0 Å². The van der Waals surface area contributed by atoms with Crippen LogP contribution in [0.15, 0.2) is 0 Å². The number of hydrogen-bond donors (Lipinski definition) is 0. The molecule has 1 saturated heterocycles. The number of esters is 3. The lowest BCUT2D eigenvalue weighted by Gasteiger charge is -2.55. The molecule has 6 aliphatic carbocycles. The number of fused-ring (bicyclic) bond motifs is 1. The molecule has 7 fully saturated rings. The molecule has 0 radical (unpaired) electrons. The van der Waals surface area contributed by atoms with Crippen LogP contribution in [-0.2, 0) is 28.6 Å². The fourth-order valence-corrected chi connectivity index (χ4v) is 8.32. The fourth-order valence-electron chi connectivity index (χ4n) is 8.32. The van der Waals surface area contributed by atoms with Crippen molar-refractivity contribution in [3.8, 4) is 0 Å². The second kappa shape index (κ2) is 5.73. The zero-order valence-electron chi connectivity index (χ0n) is 16.3. The zero-order valence-corrected chi connectivity index (χ0v) is 16.3. The van der Waals surface area contributed by atoms with E-state index in [1.165, 1.54) is 19.3 Å². The molecule has 6 unspecified atom stereocenters. The van der Waals surface area contributed by atoms with E-state index in [1.54, 1.807) is 6.92 Å². The molecular weight excluding hydrogens is 360 g/mol. The van der Waals surface area contributed by atoms with E-state index in [0.717, 1.165) is 19.3 Å². The van der Waals surface area contributed by atoms with Crippen LogP contribution in [0.25, 0.3) is 0 Å². The Kier molecular flexibility index (Phi) is 3.54. The van der Waals surface area contributed by atoms with E-state index in [9.17, 15) is 14.4 Å². The Labute approximate surface area is 164 Å². The van der Waals surface area contributed by atoms with E-state index in [-0.39, 0.29) is 47.9 Å². The zero-order chi connectivity index (χ0) is 19.2. The first-order valence-corrected chi connectivity index (χ1v) is 11.1. The van der Waals surface area contributed by atoms with Gasteiger partial charge in [-0.05, 0) is 69.6 Å². The molecule has 7 aliphatic rings. The molecule has 7 rings (SSSR count). The molecule has 28 heavy (non-hydrogen) atoms. The summed E-state index contributed by atoms with van der Waals surface area (Å²) in [6.45, 7) is 2.06. The van der Waals surface area contributed by atoms with Gasteiger partial charge in [-0.15, -0.1) is 0 Å². The highest BCUT2D eigenvalue weighted by Gasteiger charge is 2.70. The molecule has 6 atom stereocenters. The summed E-state index contributed by atoms with van der Waals surface area (Å²) in [4.78, 5) is 38.4. The fraction of sp³-hybridized carbons (Fsp3) is 0.864. The van der Waals surface area contributed by atoms with Gasteiger partial charge in [0.05, 0.1) is 23.9 Å². The van der Waals surface area contributed by atoms with Crippen LogP contribution in [-0.4, -0.2) is 36.7 Å². The van der Waals surface area contributed by atoms with Gasteiger partial charge in [0, 0.05) is 11.8 Å². The number of hydrogen-bond acceptors (Lipinski definition) is 6. The van der Waals surface area contributed by atoms with Gasteiger partial charge in [-0.1, -0.05) is 0 Å². The van der Waals surface area contributed by atoms with Crippen molar-refractivity contribution in [1.29, 1.82) is 0 Å². The van der Waals surface area contributed by atoms with Crippen molar-refractivity contribution in [3.05, 3.63) is 0 Å². The molecule has 0 spiro atoms. The molecular formula is C22H28O6. The van der Waals surface area contributed by atoms with Crippen molar-refractivity contribution in [2.75, 3.05) is 6.61 Å². The molecule has 0 amide bonds. The quantitative estimate of drug-likeness (QED) is 0.544. The summed E-state index contributed by atoms with van der Waals surface area (Å²) in [6, 6.07) is 0. The maximum Gasteiger partial charge on any atom is 0.312 e. The second-order valence-electron chi connectivity index (χ2n) is 10.3.